The first-order chi connectivity index (χ1) is 28.0. The molecule has 0 N–H and O–H groups in total. The van der Waals surface area contributed by atoms with Crippen molar-refractivity contribution in [3.05, 3.63) is 174 Å². The Labute approximate surface area is 339 Å². The first-order valence-corrected chi connectivity index (χ1v) is 21.9. The van der Waals surface area contributed by atoms with Gasteiger partial charge < -0.3 is 4.90 Å². The molecule has 282 valence electrons. The zero-order valence-corrected chi connectivity index (χ0v) is 33.6. The van der Waals surface area contributed by atoms with Gasteiger partial charge in [0.1, 0.15) is 0 Å². The smallest absolute Gasteiger partial charge is 0.0542 e. The molecule has 0 amide bonds. The summed E-state index contributed by atoms with van der Waals surface area (Å²) in [6.07, 6.45) is 12.2. The molecular formula is C56H53N. The molecule has 0 spiro atoms. The van der Waals surface area contributed by atoms with Crippen LogP contribution in [0.25, 0.3) is 44.2 Å². The quantitative estimate of drug-likeness (QED) is 0.157. The standard InChI is InChI=1S/C56H53N/c1-56(2)51-25-12-11-23-48(51)55-50(47-22-10-9-21-45(47)38-15-5-3-6-16-38)35-44(36-52(55)56)57(43-31-29-40(30-32-43)49-34-37-27-28-42(49)33-37)53-26-14-20-41-19-13-24-46(54(41)53)39-17-7-4-8-18-39/h3,5-6,9-16,19-26,29-32,35-37,39,42,49H,4,7-8,17-18,27-28,33-34H2,1-2H3. The van der Waals surface area contributed by atoms with E-state index in [1.54, 1.807) is 0 Å². The van der Waals surface area contributed by atoms with Crippen molar-refractivity contribution >= 4 is 27.8 Å². The Bertz CT molecular complexity index is 2600. The molecule has 4 aliphatic carbocycles. The average Bonchev–Trinajstić information content (AvgIpc) is 3.97. The molecule has 1 heteroatoms. The van der Waals surface area contributed by atoms with Crippen molar-refractivity contribution in [1.29, 1.82) is 0 Å². The number of fused-ring (bicyclic) bond motifs is 6. The molecule has 0 aromatic heterocycles. The zero-order chi connectivity index (χ0) is 38.1. The number of hydrogen-bond donors (Lipinski definition) is 0. The van der Waals surface area contributed by atoms with Crippen LogP contribution in [0.2, 0.25) is 0 Å². The third-order valence-corrected chi connectivity index (χ3v) is 14.7. The lowest BCUT2D eigenvalue weighted by atomic mass is 9.80. The Morgan fingerprint density at radius 3 is 2.00 bits per heavy atom. The van der Waals surface area contributed by atoms with Gasteiger partial charge in [0.15, 0.2) is 0 Å². The fourth-order valence-electron chi connectivity index (χ4n) is 12.0. The number of anilines is 3. The van der Waals surface area contributed by atoms with Crippen LogP contribution in [0.15, 0.2) is 152 Å². The average molecular weight is 740 g/mol. The molecule has 4 aliphatic rings. The van der Waals surface area contributed by atoms with E-state index in [-0.39, 0.29) is 5.41 Å². The fraction of sp³-hybridized carbons (Fsp3) is 0.286. The van der Waals surface area contributed by atoms with Gasteiger partial charge >= 0.3 is 0 Å². The Morgan fingerprint density at radius 1 is 0.526 bits per heavy atom. The van der Waals surface area contributed by atoms with Crippen molar-refractivity contribution in [2.24, 2.45) is 11.8 Å². The van der Waals surface area contributed by atoms with E-state index in [4.69, 9.17) is 0 Å². The summed E-state index contributed by atoms with van der Waals surface area (Å²) in [5.41, 5.74) is 17.3. The lowest BCUT2D eigenvalue weighted by Crippen LogP contribution is -2.17. The maximum atomic E-state index is 2.63. The van der Waals surface area contributed by atoms with Gasteiger partial charge in [-0.2, -0.15) is 0 Å². The van der Waals surface area contributed by atoms with Gasteiger partial charge in [-0.1, -0.05) is 161 Å². The molecule has 0 saturated heterocycles. The fourth-order valence-corrected chi connectivity index (χ4v) is 12.0. The van der Waals surface area contributed by atoms with Crippen molar-refractivity contribution in [2.45, 2.75) is 88.9 Å². The Kier molecular flexibility index (Phi) is 8.50. The largest absolute Gasteiger partial charge is 0.310 e. The summed E-state index contributed by atoms with van der Waals surface area (Å²) in [4.78, 5) is 2.63. The summed E-state index contributed by atoms with van der Waals surface area (Å²) >= 11 is 0. The van der Waals surface area contributed by atoms with E-state index in [1.165, 1.54) is 141 Å². The van der Waals surface area contributed by atoms with Gasteiger partial charge in [-0.05, 0) is 147 Å². The lowest BCUT2D eigenvalue weighted by molar-refractivity contribution is 0.420. The van der Waals surface area contributed by atoms with Crippen molar-refractivity contribution in [1.82, 2.24) is 0 Å². The summed E-state index contributed by atoms with van der Waals surface area (Å²) in [6, 6.07) is 58.3. The van der Waals surface area contributed by atoms with E-state index in [1.807, 2.05) is 0 Å². The molecule has 3 saturated carbocycles. The molecule has 0 aliphatic heterocycles. The van der Waals surface area contributed by atoms with Crippen molar-refractivity contribution in [3.8, 4) is 33.4 Å². The molecule has 57 heavy (non-hydrogen) atoms. The summed E-state index contributed by atoms with van der Waals surface area (Å²) in [7, 11) is 0. The van der Waals surface area contributed by atoms with E-state index in [9.17, 15) is 0 Å². The second-order valence-electron chi connectivity index (χ2n) is 18.3. The number of nitrogens with zero attached hydrogens (tertiary/aromatic N) is 1. The predicted molar refractivity (Wildman–Crippen MR) is 241 cm³/mol. The van der Waals surface area contributed by atoms with Crippen molar-refractivity contribution in [2.75, 3.05) is 4.90 Å². The molecule has 7 aromatic rings. The number of rotatable bonds is 7. The molecule has 7 aromatic carbocycles. The Balaban J connectivity index is 1.18. The van der Waals surface area contributed by atoms with Crippen LogP contribution in [0.4, 0.5) is 17.1 Å². The topological polar surface area (TPSA) is 3.24 Å². The second kappa shape index (κ2) is 13.9. The predicted octanol–water partition coefficient (Wildman–Crippen LogP) is 15.9. The van der Waals surface area contributed by atoms with Gasteiger partial charge in [-0.15, -0.1) is 0 Å². The van der Waals surface area contributed by atoms with E-state index in [0.717, 1.165) is 11.8 Å². The third kappa shape index (κ3) is 5.80. The third-order valence-electron chi connectivity index (χ3n) is 14.7. The highest BCUT2D eigenvalue weighted by molar-refractivity contribution is 6.04. The zero-order valence-electron chi connectivity index (χ0n) is 33.6. The summed E-state index contributed by atoms with van der Waals surface area (Å²) in [5, 5.41) is 2.75. The van der Waals surface area contributed by atoms with Crippen molar-refractivity contribution in [3.63, 3.8) is 0 Å². The maximum absolute atomic E-state index is 2.63. The molecule has 3 unspecified atom stereocenters. The molecular weight excluding hydrogens is 687 g/mol. The number of hydrogen-bond acceptors (Lipinski definition) is 1. The molecule has 11 rings (SSSR count). The van der Waals surface area contributed by atoms with Crippen LogP contribution in [0, 0.1) is 11.8 Å². The maximum Gasteiger partial charge on any atom is 0.0542 e. The monoisotopic (exact) mass is 739 g/mol. The first-order valence-electron chi connectivity index (χ1n) is 21.9. The van der Waals surface area contributed by atoms with Gasteiger partial charge in [0, 0.05) is 22.2 Å². The summed E-state index contributed by atoms with van der Waals surface area (Å²) < 4.78 is 0. The van der Waals surface area contributed by atoms with Crippen LogP contribution in [0.3, 0.4) is 0 Å². The van der Waals surface area contributed by atoms with E-state index < -0.39 is 0 Å². The molecule has 3 atom stereocenters. The van der Waals surface area contributed by atoms with Crippen molar-refractivity contribution < 1.29 is 0 Å². The van der Waals surface area contributed by atoms with E-state index >= 15 is 0 Å². The van der Waals surface area contributed by atoms with Crippen LogP contribution >= 0.6 is 0 Å². The summed E-state index contributed by atoms with van der Waals surface area (Å²) in [6.45, 7) is 4.86. The first kappa shape index (κ1) is 34.8. The highest BCUT2D eigenvalue weighted by Crippen LogP contribution is 2.57. The van der Waals surface area contributed by atoms with Gasteiger partial charge in [-0.25, -0.2) is 0 Å². The van der Waals surface area contributed by atoms with Crippen LogP contribution in [-0.2, 0) is 5.41 Å². The lowest BCUT2D eigenvalue weighted by Gasteiger charge is -2.32. The number of benzene rings is 7. The normalized spacial score (nSPS) is 20.8. The summed E-state index contributed by atoms with van der Waals surface area (Å²) in [5.74, 6) is 3.09. The van der Waals surface area contributed by atoms with Gasteiger partial charge in [-0.3, -0.25) is 0 Å². The molecule has 0 heterocycles. The van der Waals surface area contributed by atoms with Gasteiger partial charge in [0.05, 0.1) is 5.69 Å². The Hall–Kier alpha value is -5.40. The van der Waals surface area contributed by atoms with E-state index in [2.05, 4.69) is 170 Å². The minimum atomic E-state index is -0.165. The Morgan fingerprint density at radius 2 is 1.25 bits per heavy atom. The van der Waals surface area contributed by atoms with Gasteiger partial charge in [0.25, 0.3) is 0 Å². The van der Waals surface area contributed by atoms with Crippen LogP contribution in [-0.4, -0.2) is 0 Å². The SMILES string of the molecule is CC1(C)c2ccccc2-c2c(-c3ccccc3-c3ccccc3)cc(N(c3ccc(C4CC5CCC4C5)cc3)c3cccc4cccc(C5CCCCC5)c34)cc21. The second-order valence-corrected chi connectivity index (χ2v) is 18.3. The molecule has 1 nitrogen and oxygen atoms in total. The van der Waals surface area contributed by atoms with Crippen LogP contribution in [0.1, 0.15) is 106 Å². The highest BCUT2D eigenvalue weighted by Gasteiger charge is 2.41. The molecule has 0 radical (unpaired) electrons. The minimum Gasteiger partial charge on any atom is -0.310 e. The molecule has 2 bridgehead atoms. The van der Waals surface area contributed by atoms with Crippen LogP contribution in [0.5, 0.6) is 0 Å². The highest BCUT2D eigenvalue weighted by atomic mass is 15.1. The molecule has 3 fully saturated rings. The van der Waals surface area contributed by atoms with Crippen LogP contribution < -0.4 is 4.90 Å². The minimum absolute atomic E-state index is 0.165. The van der Waals surface area contributed by atoms with Gasteiger partial charge in [0.2, 0.25) is 0 Å². The van der Waals surface area contributed by atoms with E-state index in [0.29, 0.717) is 11.8 Å².